The van der Waals surface area contributed by atoms with Crippen LogP contribution < -0.4 is 20.8 Å². The van der Waals surface area contributed by atoms with E-state index in [1.807, 2.05) is 0 Å². The van der Waals surface area contributed by atoms with Crippen molar-refractivity contribution >= 4 is 57.5 Å². The Morgan fingerprint density at radius 3 is 2.29 bits per heavy atom. The molecule has 0 radical (unpaired) electrons. The van der Waals surface area contributed by atoms with E-state index in [0.717, 1.165) is 0 Å². The Morgan fingerprint density at radius 2 is 1.68 bits per heavy atom. The lowest BCUT2D eigenvalue weighted by molar-refractivity contribution is -0.137. The third-order valence-electron chi connectivity index (χ3n) is 4.20. The van der Waals surface area contributed by atoms with Gasteiger partial charge >= 0.3 is 11.8 Å². The second-order valence-corrected chi connectivity index (χ2v) is 7.82. The fourth-order valence-electron chi connectivity index (χ4n) is 2.98. The molecule has 3 amide bonds. The van der Waals surface area contributed by atoms with Crippen molar-refractivity contribution < 1.29 is 19.1 Å². The smallest absolute Gasteiger partial charge is 0.328 e. The lowest BCUT2D eigenvalue weighted by Gasteiger charge is -2.15. The maximum Gasteiger partial charge on any atom is 0.328 e. The van der Waals surface area contributed by atoms with Gasteiger partial charge in [-0.2, -0.15) is 0 Å². The Kier molecular flexibility index (Phi) is 6.72. The maximum absolute atomic E-state index is 13.0. The highest BCUT2D eigenvalue weighted by Crippen LogP contribution is 2.29. The molecule has 2 aromatic carbocycles. The summed E-state index contributed by atoms with van der Waals surface area (Å²) in [7, 11) is 1.47. The molecule has 162 valence electrons. The van der Waals surface area contributed by atoms with Gasteiger partial charge in [-0.05, 0) is 44.2 Å². The molecule has 0 spiro atoms. The molecule has 0 saturated carbocycles. The molecule has 0 aliphatic rings. The molecule has 31 heavy (non-hydrogen) atoms. The van der Waals surface area contributed by atoms with Crippen molar-refractivity contribution in [3.05, 3.63) is 58.2 Å². The van der Waals surface area contributed by atoms with Gasteiger partial charge in [0.25, 0.3) is 5.91 Å². The van der Waals surface area contributed by atoms with Crippen molar-refractivity contribution in [3.8, 4) is 5.75 Å². The fraction of sp³-hybridized carbons (Fsp3) is 0.190. The molecular weight excluding hydrogens is 443 g/mol. The highest BCUT2D eigenvalue weighted by molar-refractivity contribution is 6.38. The Labute approximate surface area is 188 Å². The molecule has 0 saturated heterocycles. The van der Waals surface area contributed by atoms with Crippen LogP contribution in [0.15, 0.2) is 42.5 Å². The van der Waals surface area contributed by atoms with Crippen molar-refractivity contribution in [2.75, 3.05) is 17.9 Å². The van der Waals surface area contributed by atoms with Crippen LogP contribution >= 0.6 is 23.2 Å². The summed E-state index contributed by atoms with van der Waals surface area (Å²) in [6.07, 6.45) is 0. The van der Waals surface area contributed by atoms with E-state index >= 15 is 0 Å². The number of carbonyl (C=O) groups excluding carboxylic acids is 3. The average Bonchev–Trinajstić information content (AvgIpc) is 3.05. The predicted molar refractivity (Wildman–Crippen MR) is 121 cm³/mol. The number of rotatable bonds is 5. The number of fused-ring (bicyclic) bond motifs is 1. The zero-order valence-electron chi connectivity index (χ0n) is 17.0. The molecular formula is C21H20Cl2N4O4. The topological polar surface area (TPSA) is 101 Å². The Morgan fingerprint density at radius 1 is 1.00 bits per heavy atom. The van der Waals surface area contributed by atoms with Gasteiger partial charge < -0.3 is 15.4 Å². The zero-order chi connectivity index (χ0) is 22.7. The summed E-state index contributed by atoms with van der Waals surface area (Å²) in [5.74, 6) is -1.91. The number of anilines is 1. The van der Waals surface area contributed by atoms with Crippen molar-refractivity contribution in [2.45, 2.75) is 19.9 Å². The van der Waals surface area contributed by atoms with Gasteiger partial charge in [0.1, 0.15) is 17.0 Å². The molecule has 3 rings (SSSR count). The largest absolute Gasteiger partial charge is 0.494 e. The minimum Gasteiger partial charge on any atom is -0.494 e. The summed E-state index contributed by atoms with van der Waals surface area (Å²) in [4.78, 5) is 37.6. The number of hydrogen-bond donors (Lipinski definition) is 3. The van der Waals surface area contributed by atoms with E-state index in [1.54, 1.807) is 38.1 Å². The number of nitrogens with zero attached hydrogens (tertiary/aromatic N) is 1. The predicted octanol–water partition coefficient (Wildman–Crippen LogP) is 3.80. The van der Waals surface area contributed by atoms with E-state index in [2.05, 4.69) is 16.1 Å². The fourth-order valence-corrected chi connectivity index (χ4v) is 3.50. The molecule has 0 bridgehead atoms. The Hall–Kier alpha value is -3.23. The second-order valence-electron chi connectivity index (χ2n) is 6.94. The van der Waals surface area contributed by atoms with Gasteiger partial charge in [-0.25, -0.2) is 4.68 Å². The molecule has 1 aromatic heterocycles. The van der Waals surface area contributed by atoms with Gasteiger partial charge in [-0.1, -0.05) is 35.3 Å². The number of hydrogen-bond acceptors (Lipinski definition) is 4. The van der Waals surface area contributed by atoms with Crippen LogP contribution in [0, 0.1) is 0 Å². The maximum atomic E-state index is 13.0. The molecule has 0 aliphatic carbocycles. The number of methoxy groups -OCH3 is 1. The van der Waals surface area contributed by atoms with E-state index in [9.17, 15) is 14.4 Å². The van der Waals surface area contributed by atoms with Gasteiger partial charge in [-0.15, -0.1) is 0 Å². The minimum atomic E-state index is -0.933. The van der Waals surface area contributed by atoms with E-state index < -0.39 is 17.7 Å². The quantitative estimate of drug-likeness (QED) is 0.501. The standard InChI is InChI=1S/C21H20Cl2N4O4/c1-11(2)24-20(29)21(30)26-27-16(7-12-5-4-6-17(31-3)18(12)27)19(28)25-15-9-13(22)8-14(23)10-15/h4-11H,1-3H3,(H,24,29)(H,25,28)(H,26,30). The summed E-state index contributed by atoms with van der Waals surface area (Å²) < 4.78 is 6.60. The molecule has 10 heteroatoms. The van der Waals surface area contributed by atoms with E-state index in [0.29, 0.717) is 32.4 Å². The van der Waals surface area contributed by atoms with Crippen molar-refractivity contribution in [2.24, 2.45) is 0 Å². The van der Waals surface area contributed by atoms with Crippen molar-refractivity contribution in [3.63, 3.8) is 0 Å². The van der Waals surface area contributed by atoms with Crippen molar-refractivity contribution in [1.82, 2.24) is 9.99 Å². The first-order valence-corrected chi connectivity index (χ1v) is 10.0. The monoisotopic (exact) mass is 462 g/mol. The van der Waals surface area contributed by atoms with Crippen LogP contribution in [0.2, 0.25) is 10.0 Å². The molecule has 0 fully saturated rings. The van der Waals surface area contributed by atoms with Crippen LogP contribution in [0.1, 0.15) is 24.3 Å². The number of amides is 3. The lowest BCUT2D eigenvalue weighted by Crippen LogP contribution is -2.42. The van der Waals surface area contributed by atoms with Gasteiger partial charge in [0.15, 0.2) is 0 Å². The molecule has 0 aliphatic heterocycles. The lowest BCUT2D eigenvalue weighted by atomic mass is 10.2. The van der Waals surface area contributed by atoms with Crippen LogP contribution in [0.3, 0.4) is 0 Å². The van der Waals surface area contributed by atoms with Gasteiger partial charge in [0, 0.05) is 27.2 Å². The third kappa shape index (κ3) is 5.10. The summed E-state index contributed by atoms with van der Waals surface area (Å²) in [6, 6.07) is 11.1. The molecule has 0 unspecified atom stereocenters. The number of benzene rings is 2. The van der Waals surface area contributed by atoms with Crippen molar-refractivity contribution in [1.29, 1.82) is 0 Å². The van der Waals surface area contributed by atoms with E-state index in [1.165, 1.54) is 30.0 Å². The third-order valence-corrected chi connectivity index (χ3v) is 4.64. The van der Waals surface area contributed by atoms with Crippen LogP contribution in [0.25, 0.3) is 10.9 Å². The molecule has 8 nitrogen and oxygen atoms in total. The highest BCUT2D eigenvalue weighted by Gasteiger charge is 2.23. The van der Waals surface area contributed by atoms with Gasteiger partial charge in [-0.3, -0.25) is 19.8 Å². The number of carbonyl (C=O) groups is 3. The first-order valence-electron chi connectivity index (χ1n) is 9.27. The van der Waals surface area contributed by atoms with Gasteiger partial charge in [0.2, 0.25) is 0 Å². The van der Waals surface area contributed by atoms with E-state index in [4.69, 9.17) is 27.9 Å². The highest BCUT2D eigenvalue weighted by atomic mass is 35.5. The zero-order valence-corrected chi connectivity index (χ0v) is 18.5. The molecule has 1 heterocycles. The molecule has 3 aromatic rings. The SMILES string of the molecule is COc1cccc2cc(C(=O)Nc3cc(Cl)cc(Cl)c3)n(NC(=O)C(=O)NC(C)C)c12. The number of halogens is 2. The second kappa shape index (κ2) is 9.28. The van der Waals surface area contributed by atoms with Crippen LogP contribution in [0.4, 0.5) is 5.69 Å². The summed E-state index contributed by atoms with van der Waals surface area (Å²) in [5.41, 5.74) is 3.34. The normalized spacial score (nSPS) is 10.8. The number of ether oxygens (including phenoxy) is 1. The van der Waals surface area contributed by atoms with Crippen LogP contribution in [-0.4, -0.2) is 35.5 Å². The van der Waals surface area contributed by atoms with Crippen LogP contribution in [0.5, 0.6) is 5.75 Å². The first-order chi connectivity index (χ1) is 14.7. The van der Waals surface area contributed by atoms with E-state index in [-0.39, 0.29) is 11.7 Å². The number of para-hydroxylation sites is 1. The average molecular weight is 463 g/mol. The summed E-state index contributed by atoms with van der Waals surface area (Å²) in [5, 5.41) is 6.52. The Bertz CT molecular complexity index is 1150. The summed E-state index contributed by atoms with van der Waals surface area (Å²) in [6.45, 7) is 3.46. The Balaban J connectivity index is 2.03. The first kappa shape index (κ1) is 22.5. The number of aromatic nitrogens is 1. The van der Waals surface area contributed by atoms with Crippen LogP contribution in [-0.2, 0) is 9.59 Å². The molecule has 3 N–H and O–H groups in total. The van der Waals surface area contributed by atoms with Gasteiger partial charge in [0.05, 0.1) is 7.11 Å². The number of nitrogens with one attached hydrogen (secondary N) is 3. The molecule has 0 atom stereocenters. The minimum absolute atomic E-state index is 0.0706. The summed E-state index contributed by atoms with van der Waals surface area (Å²) >= 11 is 12.0.